The Bertz CT molecular complexity index is 1040. The number of benzene rings is 2. The second kappa shape index (κ2) is 8.82. The highest BCUT2D eigenvalue weighted by atomic mass is 127. The highest BCUT2D eigenvalue weighted by molar-refractivity contribution is 14.1. The Hall–Kier alpha value is -1.60. The number of carbonyl (C=O) groups excluding carboxylic acids is 1. The van der Waals surface area contributed by atoms with Crippen LogP contribution in [0, 0.1) is 7.14 Å². The van der Waals surface area contributed by atoms with E-state index in [0.29, 0.717) is 31.4 Å². The fourth-order valence-corrected chi connectivity index (χ4v) is 5.47. The van der Waals surface area contributed by atoms with Gasteiger partial charge in [0.25, 0.3) is 5.91 Å². The van der Waals surface area contributed by atoms with E-state index in [9.17, 15) is 14.7 Å². The zero-order valence-corrected chi connectivity index (χ0v) is 19.6. The lowest BCUT2D eigenvalue weighted by molar-refractivity contribution is -0.122. The summed E-state index contributed by atoms with van der Waals surface area (Å²) >= 11 is 5.41. The van der Waals surface area contributed by atoms with E-state index in [-0.39, 0.29) is 17.2 Å². The molecule has 3 rings (SSSR count). The van der Waals surface area contributed by atoms with E-state index in [1.807, 2.05) is 35.6 Å². The van der Waals surface area contributed by atoms with E-state index in [4.69, 9.17) is 5.11 Å². The first kappa shape index (κ1) is 21.1. The highest BCUT2D eigenvalue weighted by Gasteiger charge is 2.32. The summed E-state index contributed by atoms with van der Waals surface area (Å²) in [5.74, 6) is -1.10. The third-order valence-corrected chi connectivity index (χ3v) is 6.32. The topological polar surface area (TPSA) is 90.2 Å². The van der Waals surface area contributed by atoms with E-state index in [1.165, 1.54) is 28.8 Å². The molecule has 0 atom stereocenters. The van der Waals surface area contributed by atoms with Crippen molar-refractivity contribution in [1.82, 2.24) is 4.90 Å². The largest absolute Gasteiger partial charge is 0.506 e. The van der Waals surface area contributed by atoms with Gasteiger partial charge in [-0.1, -0.05) is 6.07 Å². The fourth-order valence-electron chi connectivity index (χ4n) is 2.53. The van der Waals surface area contributed by atoms with Crippen molar-refractivity contribution >= 4 is 85.8 Å². The first-order valence-corrected chi connectivity index (χ1v) is 11.1. The smallest absolute Gasteiger partial charge is 0.335 e. The summed E-state index contributed by atoms with van der Waals surface area (Å²) in [7, 11) is 0. The quantitative estimate of drug-likeness (QED) is 0.375. The number of hydrogen-bond donors (Lipinski definition) is 2. The number of phenolic OH excluding ortho intramolecular Hbond substituents is 1. The number of thioether (sulfide) groups is 1. The lowest BCUT2D eigenvalue weighted by Crippen LogP contribution is -2.28. The van der Waals surface area contributed by atoms with Crippen LogP contribution in [0.5, 0.6) is 5.75 Å². The maximum Gasteiger partial charge on any atom is 0.335 e. The van der Waals surface area contributed by atoms with Gasteiger partial charge >= 0.3 is 5.97 Å². The van der Waals surface area contributed by atoms with Crippen molar-refractivity contribution in [3.8, 4) is 5.75 Å². The number of rotatable bonds is 4. The molecule has 9 heteroatoms. The van der Waals surface area contributed by atoms with Gasteiger partial charge in [-0.25, -0.2) is 9.79 Å². The molecule has 0 spiro atoms. The van der Waals surface area contributed by atoms with E-state index >= 15 is 0 Å². The van der Waals surface area contributed by atoms with Crippen LogP contribution in [0.2, 0.25) is 0 Å². The predicted octanol–water partition coefficient (Wildman–Crippen LogP) is 4.92. The highest BCUT2D eigenvalue weighted by Crippen LogP contribution is 2.36. The first-order valence-electron chi connectivity index (χ1n) is 8.11. The predicted molar refractivity (Wildman–Crippen MR) is 127 cm³/mol. The van der Waals surface area contributed by atoms with E-state index in [0.717, 1.165) is 3.57 Å². The van der Waals surface area contributed by atoms with Crippen LogP contribution in [0.1, 0.15) is 22.8 Å². The molecule has 2 aromatic carbocycles. The zero-order valence-electron chi connectivity index (χ0n) is 14.5. The SMILES string of the molecule is CCN1C(=O)C(=Cc2cc(I)cc(I)c2O)SC1=Nc1cccc(C(=O)O)c1. The number of nitrogens with zero attached hydrogens (tertiary/aromatic N) is 2. The van der Waals surface area contributed by atoms with Crippen molar-refractivity contribution in [2.45, 2.75) is 6.92 Å². The molecule has 144 valence electrons. The Morgan fingerprint density at radius 3 is 2.71 bits per heavy atom. The number of carbonyl (C=O) groups is 2. The average molecular weight is 620 g/mol. The van der Waals surface area contributed by atoms with Gasteiger partial charge < -0.3 is 10.2 Å². The Morgan fingerprint density at radius 2 is 2.04 bits per heavy atom. The molecule has 2 N–H and O–H groups in total. The van der Waals surface area contributed by atoms with E-state index < -0.39 is 5.97 Å². The molecular weight excluding hydrogens is 606 g/mol. The van der Waals surface area contributed by atoms with Crippen LogP contribution in [-0.4, -0.2) is 38.7 Å². The second-order valence-electron chi connectivity index (χ2n) is 5.74. The van der Waals surface area contributed by atoms with Gasteiger partial charge in [-0.3, -0.25) is 9.69 Å². The Labute approximate surface area is 193 Å². The number of hydrogen-bond acceptors (Lipinski definition) is 5. The van der Waals surface area contributed by atoms with Gasteiger partial charge in [-0.05, 0) is 100 Å². The molecule has 0 aliphatic carbocycles. The molecule has 1 amide bonds. The van der Waals surface area contributed by atoms with Crippen molar-refractivity contribution in [3.63, 3.8) is 0 Å². The van der Waals surface area contributed by atoms with Gasteiger partial charge in [0.1, 0.15) is 5.75 Å². The standard InChI is InChI=1S/C19H14I2N2O4S/c1-2-23-17(25)15(8-11-6-12(20)9-14(21)16(11)24)28-19(23)22-13-5-3-4-10(7-13)18(26)27/h3-9,24H,2H2,1H3,(H,26,27). The molecule has 2 aromatic rings. The number of carboxylic acids is 1. The average Bonchev–Trinajstić information content (AvgIpc) is 2.93. The summed E-state index contributed by atoms with van der Waals surface area (Å²) < 4.78 is 1.66. The van der Waals surface area contributed by atoms with Gasteiger partial charge in [0.05, 0.1) is 19.7 Å². The lowest BCUT2D eigenvalue weighted by atomic mass is 10.2. The van der Waals surface area contributed by atoms with Crippen molar-refractivity contribution in [2.24, 2.45) is 4.99 Å². The molecule has 6 nitrogen and oxygen atoms in total. The van der Waals surface area contributed by atoms with Crippen molar-refractivity contribution in [2.75, 3.05) is 6.54 Å². The monoisotopic (exact) mass is 620 g/mol. The van der Waals surface area contributed by atoms with Crippen LogP contribution in [0.15, 0.2) is 46.3 Å². The summed E-state index contributed by atoms with van der Waals surface area (Å²) in [5.41, 5.74) is 1.16. The van der Waals surface area contributed by atoms with Crippen molar-refractivity contribution in [3.05, 3.63) is 59.6 Å². The molecule has 1 aliphatic heterocycles. The third kappa shape index (κ3) is 4.51. The summed E-state index contributed by atoms with van der Waals surface area (Å²) in [5, 5.41) is 19.9. The van der Waals surface area contributed by atoms with Gasteiger partial charge in [0, 0.05) is 15.7 Å². The molecule has 0 saturated carbocycles. The van der Waals surface area contributed by atoms with Crippen LogP contribution < -0.4 is 0 Å². The minimum atomic E-state index is -1.03. The molecule has 0 unspecified atom stereocenters. The van der Waals surface area contributed by atoms with Crippen LogP contribution in [-0.2, 0) is 4.79 Å². The minimum Gasteiger partial charge on any atom is -0.506 e. The molecule has 1 saturated heterocycles. The number of aliphatic imine (C=N–C) groups is 1. The van der Waals surface area contributed by atoms with Crippen LogP contribution in [0.4, 0.5) is 5.69 Å². The maximum absolute atomic E-state index is 12.8. The Morgan fingerprint density at radius 1 is 1.29 bits per heavy atom. The fraction of sp³-hybridized carbons (Fsp3) is 0.105. The normalized spacial score (nSPS) is 17.0. The Balaban J connectivity index is 1.99. The Kier molecular flexibility index (Phi) is 6.65. The summed E-state index contributed by atoms with van der Waals surface area (Å²) in [6.45, 7) is 2.27. The van der Waals surface area contributed by atoms with Crippen LogP contribution >= 0.6 is 56.9 Å². The molecular formula is C19H14I2N2O4S. The first-order chi connectivity index (χ1) is 13.3. The summed E-state index contributed by atoms with van der Waals surface area (Å²) in [6, 6.07) is 9.91. The number of halogens is 2. The third-order valence-electron chi connectivity index (χ3n) is 3.87. The summed E-state index contributed by atoms with van der Waals surface area (Å²) in [6.07, 6.45) is 1.66. The number of amides is 1. The number of aromatic carboxylic acids is 1. The molecule has 0 radical (unpaired) electrons. The van der Waals surface area contributed by atoms with Gasteiger partial charge in [0.15, 0.2) is 5.17 Å². The number of aromatic hydroxyl groups is 1. The lowest BCUT2D eigenvalue weighted by Gasteiger charge is -2.12. The minimum absolute atomic E-state index is 0.129. The molecule has 1 aliphatic rings. The number of amidine groups is 1. The molecule has 1 fully saturated rings. The van der Waals surface area contributed by atoms with Crippen LogP contribution in [0.25, 0.3) is 6.08 Å². The molecule has 1 heterocycles. The van der Waals surface area contributed by atoms with Gasteiger partial charge in [0.2, 0.25) is 0 Å². The second-order valence-corrected chi connectivity index (χ2v) is 9.15. The number of likely N-dealkylation sites (N-methyl/N-ethyl adjacent to an activating group) is 1. The van der Waals surface area contributed by atoms with Crippen molar-refractivity contribution in [1.29, 1.82) is 0 Å². The number of carboxylic acid groups (broad SMARTS) is 1. The van der Waals surface area contributed by atoms with E-state index in [2.05, 4.69) is 27.6 Å². The van der Waals surface area contributed by atoms with Crippen molar-refractivity contribution < 1.29 is 19.8 Å². The van der Waals surface area contributed by atoms with Gasteiger partial charge in [-0.2, -0.15) is 0 Å². The van der Waals surface area contributed by atoms with Gasteiger partial charge in [-0.15, -0.1) is 0 Å². The molecule has 0 aromatic heterocycles. The molecule has 0 bridgehead atoms. The number of phenols is 1. The zero-order chi connectivity index (χ0) is 20.4. The summed E-state index contributed by atoms with van der Waals surface area (Å²) in [4.78, 5) is 30.4. The van der Waals surface area contributed by atoms with E-state index in [1.54, 1.807) is 24.3 Å². The van der Waals surface area contributed by atoms with Crippen LogP contribution in [0.3, 0.4) is 0 Å². The molecule has 28 heavy (non-hydrogen) atoms. The maximum atomic E-state index is 12.8.